The molecule has 0 aliphatic heterocycles. The third-order valence-corrected chi connectivity index (χ3v) is 4.29. The quantitative estimate of drug-likeness (QED) is 0.604. The molecule has 1 aromatic rings. The van der Waals surface area contributed by atoms with Crippen LogP contribution in [-0.4, -0.2) is 23.1 Å². The summed E-state index contributed by atoms with van der Waals surface area (Å²) in [6.07, 6.45) is 0. The van der Waals surface area contributed by atoms with Crippen molar-refractivity contribution >= 4 is 43.8 Å². The van der Waals surface area contributed by atoms with Gasteiger partial charge >= 0.3 is 11.9 Å². The van der Waals surface area contributed by atoms with Crippen molar-refractivity contribution in [3.63, 3.8) is 0 Å². The van der Waals surface area contributed by atoms with Gasteiger partial charge in [0.1, 0.15) is 11.2 Å². The van der Waals surface area contributed by atoms with E-state index in [4.69, 9.17) is 9.47 Å². The molecule has 122 valence electrons. The van der Waals surface area contributed by atoms with Crippen LogP contribution in [-0.2, 0) is 9.47 Å². The second kappa shape index (κ2) is 6.71. The highest BCUT2D eigenvalue weighted by molar-refractivity contribution is 9.13. The Morgan fingerprint density at radius 2 is 1.32 bits per heavy atom. The first-order valence-electron chi connectivity index (χ1n) is 6.76. The molecule has 0 aromatic heterocycles. The number of hydrogen-bond donors (Lipinski definition) is 0. The van der Waals surface area contributed by atoms with Crippen LogP contribution in [0.1, 0.15) is 62.3 Å². The van der Waals surface area contributed by atoms with Crippen molar-refractivity contribution in [1.82, 2.24) is 0 Å². The second-order valence-corrected chi connectivity index (χ2v) is 8.47. The minimum atomic E-state index is -0.620. The molecule has 0 aliphatic carbocycles. The van der Waals surface area contributed by atoms with E-state index in [1.54, 1.807) is 47.6 Å². The molecule has 0 fully saturated rings. The van der Waals surface area contributed by atoms with Gasteiger partial charge < -0.3 is 9.47 Å². The molecule has 6 heteroatoms. The zero-order valence-electron chi connectivity index (χ0n) is 13.5. The van der Waals surface area contributed by atoms with Crippen LogP contribution in [0.5, 0.6) is 0 Å². The zero-order valence-corrected chi connectivity index (χ0v) is 16.7. The average Bonchev–Trinajstić information content (AvgIpc) is 2.27. The monoisotopic (exact) mass is 434 g/mol. The molecule has 0 heterocycles. The molecule has 0 atom stereocenters. The van der Waals surface area contributed by atoms with Crippen LogP contribution in [0.4, 0.5) is 0 Å². The number of esters is 2. The molecule has 0 aliphatic rings. The van der Waals surface area contributed by atoms with E-state index in [1.807, 2.05) is 0 Å². The summed E-state index contributed by atoms with van der Waals surface area (Å²) in [4.78, 5) is 24.4. The molecular weight excluding hydrogens is 416 g/mol. The van der Waals surface area contributed by atoms with E-state index >= 15 is 0 Å². The number of halogens is 2. The smallest absolute Gasteiger partial charge is 0.339 e. The Labute approximate surface area is 147 Å². The van der Waals surface area contributed by atoms with Crippen LogP contribution < -0.4 is 0 Å². The normalized spacial score (nSPS) is 12.0. The standard InChI is InChI=1S/C16H20Br2O4/c1-15(2,3)21-13(19)9-7-10(12(18)11(17)8-9)14(20)22-16(4,5)6/h7-8H,1-6H3. The Hall–Kier alpha value is -0.880. The zero-order chi connectivity index (χ0) is 17.3. The maximum atomic E-state index is 12.3. The van der Waals surface area contributed by atoms with Crippen LogP contribution >= 0.6 is 31.9 Å². The van der Waals surface area contributed by atoms with E-state index in [2.05, 4.69) is 31.9 Å². The van der Waals surface area contributed by atoms with Crippen molar-refractivity contribution in [3.05, 3.63) is 32.2 Å². The predicted molar refractivity (Wildman–Crippen MR) is 92.2 cm³/mol. The Bertz CT molecular complexity index is 595. The van der Waals surface area contributed by atoms with Crippen LogP contribution in [0.2, 0.25) is 0 Å². The van der Waals surface area contributed by atoms with E-state index in [0.717, 1.165) is 0 Å². The molecule has 1 rings (SSSR count). The van der Waals surface area contributed by atoms with Crippen molar-refractivity contribution in [2.75, 3.05) is 0 Å². The Morgan fingerprint density at radius 3 is 1.77 bits per heavy atom. The summed E-state index contributed by atoms with van der Waals surface area (Å²) >= 11 is 6.66. The molecule has 0 radical (unpaired) electrons. The molecule has 0 saturated carbocycles. The van der Waals surface area contributed by atoms with Gasteiger partial charge in [0.15, 0.2) is 0 Å². The van der Waals surface area contributed by atoms with Crippen LogP contribution in [0.15, 0.2) is 21.1 Å². The molecule has 22 heavy (non-hydrogen) atoms. The summed E-state index contributed by atoms with van der Waals surface area (Å²) in [6.45, 7) is 10.7. The number of benzene rings is 1. The first-order chi connectivity index (χ1) is 9.80. The predicted octanol–water partition coefficient (Wildman–Crippen LogP) is 5.12. The second-order valence-electron chi connectivity index (χ2n) is 6.82. The minimum Gasteiger partial charge on any atom is -0.456 e. The van der Waals surface area contributed by atoms with E-state index in [1.165, 1.54) is 6.07 Å². The number of rotatable bonds is 2. The third-order valence-electron chi connectivity index (χ3n) is 2.28. The maximum absolute atomic E-state index is 12.3. The SMILES string of the molecule is CC(C)(C)OC(=O)c1cc(Br)c(Br)c(C(=O)OC(C)(C)C)c1. The summed E-state index contributed by atoms with van der Waals surface area (Å²) in [6, 6.07) is 3.07. The van der Waals surface area contributed by atoms with Crippen LogP contribution in [0.25, 0.3) is 0 Å². The molecule has 1 aromatic carbocycles. The highest BCUT2D eigenvalue weighted by atomic mass is 79.9. The van der Waals surface area contributed by atoms with Gasteiger partial charge in [0.25, 0.3) is 0 Å². The van der Waals surface area contributed by atoms with Gasteiger partial charge in [0, 0.05) is 8.95 Å². The molecule has 0 spiro atoms. The molecule has 0 bridgehead atoms. The highest BCUT2D eigenvalue weighted by Crippen LogP contribution is 2.30. The van der Waals surface area contributed by atoms with Crippen molar-refractivity contribution in [3.8, 4) is 0 Å². The van der Waals surface area contributed by atoms with Gasteiger partial charge in [-0.1, -0.05) is 0 Å². The van der Waals surface area contributed by atoms with Crippen LogP contribution in [0.3, 0.4) is 0 Å². The van der Waals surface area contributed by atoms with E-state index in [9.17, 15) is 9.59 Å². The Balaban J connectivity index is 3.20. The number of carbonyl (C=O) groups is 2. The summed E-state index contributed by atoms with van der Waals surface area (Å²) in [7, 11) is 0. The van der Waals surface area contributed by atoms with Gasteiger partial charge in [-0.15, -0.1) is 0 Å². The van der Waals surface area contributed by atoms with Crippen molar-refractivity contribution < 1.29 is 19.1 Å². The lowest BCUT2D eigenvalue weighted by atomic mass is 10.1. The number of hydrogen-bond acceptors (Lipinski definition) is 4. The fourth-order valence-corrected chi connectivity index (χ4v) is 2.38. The first kappa shape index (κ1) is 19.2. The average molecular weight is 436 g/mol. The number of ether oxygens (including phenoxy) is 2. The van der Waals surface area contributed by atoms with E-state index in [0.29, 0.717) is 8.95 Å². The summed E-state index contributed by atoms with van der Waals surface area (Å²) in [5.41, 5.74) is -0.677. The molecule has 0 N–H and O–H groups in total. The molecule has 4 nitrogen and oxygen atoms in total. The van der Waals surface area contributed by atoms with E-state index in [-0.39, 0.29) is 11.1 Å². The topological polar surface area (TPSA) is 52.6 Å². The Morgan fingerprint density at radius 1 is 0.864 bits per heavy atom. The van der Waals surface area contributed by atoms with Gasteiger partial charge in [0.05, 0.1) is 11.1 Å². The van der Waals surface area contributed by atoms with Gasteiger partial charge in [-0.3, -0.25) is 0 Å². The lowest BCUT2D eigenvalue weighted by Gasteiger charge is -2.21. The first-order valence-corrected chi connectivity index (χ1v) is 8.34. The number of carbonyl (C=O) groups excluding carboxylic acids is 2. The van der Waals surface area contributed by atoms with Crippen LogP contribution in [0, 0.1) is 0 Å². The fourth-order valence-electron chi connectivity index (χ4n) is 1.53. The molecule has 0 saturated heterocycles. The fraction of sp³-hybridized carbons (Fsp3) is 0.500. The van der Waals surface area contributed by atoms with Gasteiger partial charge in [-0.05, 0) is 85.5 Å². The molecule has 0 unspecified atom stereocenters. The summed E-state index contributed by atoms with van der Waals surface area (Å²) in [5.74, 6) is -1.00. The largest absolute Gasteiger partial charge is 0.456 e. The van der Waals surface area contributed by atoms with Crippen molar-refractivity contribution in [2.45, 2.75) is 52.7 Å². The summed E-state index contributed by atoms with van der Waals surface area (Å²) in [5, 5.41) is 0. The van der Waals surface area contributed by atoms with Gasteiger partial charge in [-0.2, -0.15) is 0 Å². The summed E-state index contributed by atoms with van der Waals surface area (Å²) < 4.78 is 11.8. The van der Waals surface area contributed by atoms with Crippen molar-refractivity contribution in [1.29, 1.82) is 0 Å². The van der Waals surface area contributed by atoms with Crippen molar-refractivity contribution in [2.24, 2.45) is 0 Å². The van der Waals surface area contributed by atoms with Gasteiger partial charge in [-0.25, -0.2) is 9.59 Å². The van der Waals surface area contributed by atoms with E-state index < -0.39 is 23.1 Å². The minimum absolute atomic E-state index is 0.269. The van der Waals surface area contributed by atoms with Gasteiger partial charge in [0.2, 0.25) is 0 Å². The third kappa shape index (κ3) is 5.72. The molecular formula is C16H20Br2O4. The lowest BCUT2D eigenvalue weighted by molar-refractivity contribution is 0.00671. The maximum Gasteiger partial charge on any atom is 0.339 e. The lowest BCUT2D eigenvalue weighted by Crippen LogP contribution is -2.25. The Kier molecular flexibility index (Phi) is 5.84. The molecule has 0 amide bonds. The highest BCUT2D eigenvalue weighted by Gasteiger charge is 2.24.